The number of ether oxygens (including phenoxy) is 2. The number of methoxy groups -OCH3 is 2. The monoisotopic (exact) mass is 538 g/mol. The first-order chi connectivity index (χ1) is 17.0. The molecular formula is C23H18ClF3N4O4S. The molecule has 13 heteroatoms. The van der Waals surface area contributed by atoms with Gasteiger partial charge in [-0.2, -0.15) is 18.3 Å². The van der Waals surface area contributed by atoms with Gasteiger partial charge in [-0.15, -0.1) is 11.3 Å². The number of aromatic nitrogens is 3. The maximum Gasteiger partial charge on any atom is 0.416 e. The summed E-state index contributed by atoms with van der Waals surface area (Å²) in [4.78, 5) is 30.0. The van der Waals surface area contributed by atoms with Crippen LogP contribution in [0.15, 0.2) is 41.2 Å². The Kier molecular flexibility index (Phi) is 6.92. The second-order valence-electron chi connectivity index (χ2n) is 7.53. The molecule has 0 unspecified atom stereocenters. The summed E-state index contributed by atoms with van der Waals surface area (Å²) in [5.41, 5.74) is -0.772. The van der Waals surface area contributed by atoms with Gasteiger partial charge in [-0.05, 0) is 43.3 Å². The van der Waals surface area contributed by atoms with Crippen LogP contribution < -0.4 is 20.3 Å². The highest BCUT2D eigenvalue weighted by atomic mass is 35.5. The second-order valence-corrected chi connectivity index (χ2v) is 9.14. The zero-order valence-corrected chi connectivity index (χ0v) is 20.6. The van der Waals surface area contributed by atoms with E-state index < -0.39 is 29.8 Å². The van der Waals surface area contributed by atoms with Gasteiger partial charge in [0, 0.05) is 5.56 Å². The minimum atomic E-state index is -4.62. The van der Waals surface area contributed by atoms with Crippen molar-refractivity contribution in [1.82, 2.24) is 14.8 Å². The number of nitrogens with one attached hydrogen (secondary N) is 1. The number of halogens is 4. The lowest BCUT2D eigenvalue weighted by atomic mass is 10.1. The van der Waals surface area contributed by atoms with Crippen molar-refractivity contribution in [2.45, 2.75) is 19.6 Å². The van der Waals surface area contributed by atoms with E-state index in [1.54, 1.807) is 25.1 Å². The quantitative estimate of drug-likeness (QED) is 0.364. The topological polar surface area (TPSA) is 95.3 Å². The molecule has 0 bridgehead atoms. The number of carbonyl (C=O) groups excluding carboxylic acids is 1. The van der Waals surface area contributed by atoms with Gasteiger partial charge in [0.05, 0.1) is 40.2 Å². The van der Waals surface area contributed by atoms with Crippen LogP contribution in [0.3, 0.4) is 0 Å². The fraction of sp³-hybridized carbons (Fsp3) is 0.217. The Labute approximate surface area is 211 Å². The van der Waals surface area contributed by atoms with Gasteiger partial charge < -0.3 is 14.8 Å². The fourth-order valence-corrected chi connectivity index (χ4v) is 4.55. The van der Waals surface area contributed by atoms with E-state index in [0.29, 0.717) is 32.5 Å². The molecule has 2 heterocycles. The summed E-state index contributed by atoms with van der Waals surface area (Å²) in [6.07, 6.45) is -4.62. The smallest absolute Gasteiger partial charge is 0.416 e. The predicted molar refractivity (Wildman–Crippen MR) is 130 cm³/mol. The third-order valence-corrected chi connectivity index (χ3v) is 6.43. The third-order valence-electron chi connectivity index (χ3n) is 5.13. The summed E-state index contributed by atoms with van der Waals surface area (Å²) in [6.45, 7) is 1.15. The van der Waals surface area contributed by atoms with Crippen LogP contribution in [0.25, 0.3) is 21.5 Å². The van der Waals surface area contributed by atoms with Gasteiger partial charge >= 0.3 is 6.18 Å². The Bertz CT molecular complexity index is 1530. The molecule has 0 atom stereocenters. The van der Waals surface area contributed by atoms with Crippen LogP contribution in [-0.2, 0) is 17.5 Å². The zero-order valence-electron chi connectivity index (χ0n) is 19.1. The summed E-state index contributed by atoms with van der Waals surface area (Å²) in [5.74, 6) is 0.125. The molecule has 4 aromatic rings. The molecule has 0 saturated carbocycles. The van der Waals surface area contributed by atoms with Crippen LogP contribution in [0.4, 0.5) is 18.9 Å². The molecule has 0 radical (unpaired) electrons. The Morgan fingerprint density at radius 2 is 1.86 bits per heavy atom. The lowest BCUT2D eigenvalue weighted by Crippen LogP contribution is -2.30. The molecule has 2 aromatic heterocycles. The molecule has 0 fully saturated rings. The first-order valence-electron chi connectivity index (χ1n) is 10.3. The number of benzene rings is 2. The molecule has 36 heavy (non-hydrogen) atoms. The molecule has 1 N–H and O–H groups in total. The predicted octanol–water partition coefficient (Wildman–Crippen LogP) is 5.16. The van der Waals surface area contributed by atoms with Crippen molar-refractivity contribution in [3.8, 4) is 22.8 Å². The molecule has 8 nitrogen and oxygen atoms in total. The van der Waals surface area contributed by atoms with E-state index in [0.717, 1.165) is 22.9 Å². The van der Waals surface area contributed by atoms with Gasteiger partial charge in [-0.3, -0.25) is 9.59 Å². The normalized spacial score (nSPS) is 11.5. The lowest BCUT2D eigenvalue weighted by Gasteiger charge is -2.13. The summed E-state index contributed by atoms with van der Waals surface area (Å²) in [5, 5.41) is 7.22. The first kappa shape index (κ1) is 25.5. The summed E-state index contributed by atoms with van der Waals surface area (Å²) < 4.78 is 51.2. The Morgan fingerprint density at radius 1 is 1.14 bits per heavy atom. The third kappa shape index (κ3) is 5.00. The fourth-order valence-electron chi connectivity index (χ4n) is 3.47. The number of amides is 1. The Balaban J connectivity index is 1.74. The van der Waals surface area contributed by atoms with E-state index in [-0.39, 0.29) is 16.2 Å². The van der Waals surface area contributed by atoms with Gasteiger partial charge in [-0.25, -0.2) is 9.67 Å². The van der Waals surface area contributed by atoms with Crippen LogP contribution in [0.1, 0.15) is 10.6 Å². The molecule has 0 spiro atoms. The summed E-state index contributed by atoms with van der Waals surface area (Å²) in [7, 11) is 2.97. The minimum Gasteiger partial charge on any atom is -0.493 e. The molecular weight excluding hydrogens is 521 g/mol. The summed E-state index contributed by atoms with van der Waals surface area (Å²) >= 11 is 7.23. The van der Waals surface area contributed by atoms with E-state index in [2.05, 4.69) is 15.4 Å². The van der Waals surface area contributed by atoms with Gasteiger partial charge in [0.15, 0.2) is 17.0 Å². The highest BCUT2D eigenvalue weighted by molar-refractivity contribution is 7.19. The molecule has 2 aromatic carbocycles. The van der Waals surface area contributed by atoms with Gasteiger partial charge in [0.1, 0.15) is 12.2 Å². The number of fused-ring (bicyclic) bond motifs is 1. The average Bonchev–Trinajstić information content (AvgIpc) is 3.23. The number of anilines is 1. The largest absolute Gasteiger partial charge is 0.493 e. The molecule has 4 rings (SSSR count). The first-order valence-corrected chi connectivity index (χ1v) is 11.5. The number of carbonyl (C=O) groups is 1. The number of rotatable bonds is 6. The number of hydrogen-bond donors (Lipinski definition) is 1. The number of thiazole rings is 1. The van der Waals surface area contributed by atoms with Gasteiger partial charge in [0.25, 0.3) is 5.56 Å². The second kappa shape index (κ2) is 9.78. The van der Waals surface area contributed by atoms with E-state index in [9.17, 15) is 22.8 Å². The zero-order chi connectivity index (χ0) is 26.2. The maximum absolute atomic E-state index is 13.1. The number of alkyl halides is 3. The van der Waals surface area contributed by atoms with E-state index >= 15 is 0 Å². The van der Waals surface area contributed by atoms with Crippen molar-refractivity contribution in [1.29, 1.82) is 0 Å². The number of aryl methyl sites for hydroxylation is 1. The van der Waals surface area contributed by atoms with E-state index in [4.69, 9.17) is 21.1 Å². The molecule has 0 saturated heterocycles. The minimum absolute atomic E-state index is 0.0896. The van der Waals surface area contributed by atoms with Crippen LogP contribution in [0.5, 0.6) is 11.5 Å². The Hall–Kier alpha value is -3.64. The molecule has 188 valence electrons. The Morgan fingerprint density at radius 3 is 2.53 bits per heavy atom. The molecule has 1 amide bonds. The SMILES string of the molecule is COc1ccc(-c2nn(CC(=O)Nc3cc(C(F)(F)F)ccc3Cl)c(=O)c3nc(C)sc23)cc1OC. The highest BCUT2D eigenvalue weighted by Crippen LogP contribution is 2.36. The number of nitrogens with zero attached hydrogens (tertiary/aromatic N) is 3. The van der Waals surface area contributed by atoms with Crippen molar-refractivity contribution >= 4 is 44.7 Å². The summed E-state index contributed by atoms with van der Waals surface area (Å²) in [6, 6.07) is 7.62. The van der Waals surface area contributed by atoms with E-state index in [1.165, 1.54) is 25.6 Å². The molecule has 0 aliphatic heterocycles. The van der Waals surface area contributed by atoms with Crippen LogP contribution >= 0.6 is 22.9 Å². The molecule has 0 aliphatic rings. The van der Waals surface area contributed by atoms with Gasteiger partial charge in [-0.1, -0.05) is 11.6 Å². The van der Waals surface area contributed by atoms with Crippen molar-refractivity contribution in [2.75, 3.05) is 19.5 Å². The van der Waals surface area contributed by atoms with Crippen LogP contribution in [0.2, 0.25) is 5.02 Å². The standard InChI is InChI=1S/C23H18ClF3N4O4S/c1-11-28-20-21(36-11)19(12-4-7-16(34-2)17(8-12)35-3)30-31(22(20)33)10-18(32)29-15-9-13(23(25,26)27)5-6-14(15)24/h4-9H,10H2,1-3H3,(H,29,32). The maximum atomic E-state index is 13.1. The van der Waals surface area contributed by atoms with Crippen molar-refractivity contribution in [3.05, 3.63) is 62.3 Å². The highest BCUT2D eigenvalue weighted by Gasteiger charge is 2.31. The average molecular weight is 539 g/mol. The molecule has 0 aliphatic carbocycles. The number of hydrogen-bond acceptors (Lipinski definition) is 7. The van der Waals surface area contributed by atoms with Crippen molar-refractivity contribution < 1.29 is 27.4 Å². The lowest BCUT2D eigenvalue weighted by molar-refractivity contribution is -0.137. The van der Waals surface area contributed by atoms with Crippen LogP contribution in [0, 0.1) is 6.92 Å². The van der Waals surface area contributed by atoms with Gasteiger partial charge in [0.2, 0.25) is 5.91 Å². The van der Waals surface area contributed by atoms with Crippen molar-refractivity contribution in [3.63, 3.8) is 0 Å². The van der Waals surface area contributed by atoms with Crippen LogP contribution in [-0.4, -0.2) is 34.9 Å². The van der Waals surface area contributed by atoms with Crippen molar-refractivity contribution in [2.24, 2.45) is 0 Å². The van der Waals surface area contributed by atoms with E-state index in [1.807, 2.05) is 0 Å².